The van der Waals surface area contributed by atoms with Crippen LogP contribution in [0.5, 0.6) is 0 Å². The molecule has 20 heavy (non-hydrogen) atoms. The van der Waals surface area contributed by atoms with E-state index in [-0.39, 0.29) is 0 Å². The molecule has 110 valence electrons. The summed E-state index contributed by atoms with van der Waals surface area (Å²) in [6.45, 7) is 0.263. The molecule has 1 aromatic rings. The minimum atomic E-state index is -1.33. The van der Waals surface area contributed by atoms with Gasteiger partial charge in [0.1, 0.15) is 24.4 Å². The molecule has 0 radical (unpaired) electrons. The summed E-state index contributed by atoms with van der Waals surface area (Å²) < 4.78 is 5.59. The third-order valence-corrected chi connectivity index (χ3v) is 4.10. The lowest BCUT2D eigenvalue weighted by atomic mass is 9.97. The first kappa shape index (κ1) is 13.8. The van der Waals surface area contributed by atoms with Crippen molar-refractivity contribution < 1.29 is 25.2 Å². The van der Waals surface area contributed by atoms with E-state index >= 15 is 0 Å². The number of rotatable bonds is 2. The van der Waals surface area contributed by atoms with Crippen LogP contribution in [0.3, 0.4) is 0 Å². The minimum absolute atomic E-state index is 0.406. The van der Waals surface area contributed by atoms with Crippen molar-refractivity contribution in [3.8, 4) is 0 Å². The lowest BCUT2D eigenvalue weighted by Gasteiger charge is -2.44. The van der Waals surface area contributed by atoms with E-state index < -0.39 is 37.3 Å². The van der Waals surface area contributed by atoms with Crippen LogP contribution in [0, 0.1) is 0 Å². The van der Waals surface area contributed by atoms with E-state index in [9.17, 15) is 20.4 Å². The van der Waals surface area contributed by atoms with Crippen molar-refractivity contribution >= 4 is 5.69 Å². The number of anilines is 1. The van der Waals surface area contributed by atoms with Crippen molar-refractivity contribution in [1.29, 1.82) is 0 Å². The molecule has 2 heterocycles. The molecule has 0 bridgehead atoms. The lowest BCUT2D eigenvalue weighted by molar-refractivity contribution is -0.228. The summed E-state index contributed by atoms with van der Waals surface area (Å²) in [5.74, 6) is 0. The molecule has 0 saturated carbocycles. The molecule has 6 nitrogen and oxygen atoms in total. The Kier molecular flexibility index (Phi) is 3.66. The van der Waals surface area contributed by atoms with Gasteiger partial charge in [-0.1, -0.05) is 18.2 Å². The highest BCUT2D eigenvalue weighted by molar-refractivity contribution is 5.58. The van der Waals surface area contributed by atoms with Gasteiger partial charge in [0.15, 0.2) is 6.23 Å². The smallest absolute Gasteiger partial charge is 0.159 e. The van der Waals surface area contributed by atoms with Crippen LogP contribution >= 0.6 is 0 Å². The molecule has 1 fully saturated rings. The molecule has 0 spiro atoms. The van der Waals surface area contributed by atoms with Crippen molar-refractivity contribution in [2.75, 3.05) is 18.1 Å². The molecular formula is C14H19NO5. The van der Waals surface area contributed by atoms with Gasteiger partial charge in [0.25, 0.3) is 0 Å². The SMILES string of the molecule is OCC1OC(N2CCc3ccccc32)[C@H](O)C(O)[C@@H]1O. The number of benzene rings is 1. The Morgan fingerprint density at radius 3 is 2.60 bits per heavy atom. The molecule has 3 rings (SSSR count). The Morgan fingerprint density at radius 2 is 1.85 bits per heavy atom. The zero-order valence-corrected chi connectivity index (χ0v) is 11.0. The molecule has 0 aromatic heterocycles. The van der Waals surface area contributed by atoms with Gasteiger partial charge >= 0.3 is 0 Å². The highest BCUT2D eigenvalue weighted by Gasteiger charge is 2.46. The first-order chi connectivity index (χ1) is 9.63. The van der Waals surface area contributed by atoms with Crippen molar-refractivity contribution in [3.05, 3.63) is 29.8 Å². The lowest BCUT2D eigenvalue weighted by Crippen LogP contribution is -2.63. The van der Waals surface area contributed by atoms with Crippen LogP contribution in [-0.2, 0) is 11.2 Å². The van der Waals surface area contributed by atoms with Gasteiger partial charge in [0.05, 0.1) is 6.61 Å². The van der Waals surface area contributed by atoms with E-state index in [1.165, 1.54) is 0 Å². The first-order valence-corrected chi connectivity index (χ1v) is 6.78. The number of aliphatic hydroxyl groups excluding tert-OH is 4. The van der Waals surface area contributed by atoms with Gasteiger partial charge in [0, 0.05) is 12.2 Å². The number of aliphatic hydroxyl groups is 4. The maximum Gasteiger partial charge on any atom is 0.159 e. The first-order valence-electron chi connectivity index (χ1n) is 6.78. The molecule has 6 heteroatoms. The quantitative estimate of drug-likeness (QED) is 0.547. The third kappa shape index (κ3) is 2.10. The highest BCUT2D eigenvalue weighted by atomic mass is 16.6. The fourth-order valence-corrected chi connectivity index (χ4v) is 2.97. The van der Waals surface area contributed by atoms with Crippen LogP contribution in [0.4, 0.5) is 5.69 Å². The van der Waals surface area contributed by atoms with Gasteiger partial charge in [-0.15, -0.1) is 0 Å². The Hall–Kier alpha value is -1.18. The molecule has 4 N–H and O–H groups in total. The summed E-state index contributed by atoms with van der Waals surface area (Å²) in [5.41, 5.74) is 2.11. The summed E-state index contributed by atoms with van der Waals surface area (Å²) in [6.07, 6.45) is -4.67. The number of para-hydroxylation sites is 1. The zero-order valence-electron chi connectivity index (χ0n) is 11.0. The predicted octanol–water partition coefficient (Wildman–Crippen LogP) is -1.15. The number of fused-ring (bicyclic) bond motifs is 1. The average molecular weight is 281 g/mol. The van der Waals surface area contributed by atoms with Crippen LogP contribution in [0.2, 0.25) is 0 Å². The summed E-state index contributed by atoms with van der Waals surface area (Å²) in [6, 6.07) is 7.81. The fourth-order valence-electron chi connectivity index (χ4n) is 2.97. The van der Waals surface area contributed by atoms with E-state index in [0.717, 1.165) is 17.7 Å². The van der Waals surface area contributed by atoms with Gasteiger partial charge in [-0.05, 0) is 18.1 Å². The Bertz CT molecular complexity index is 480. The second-order valence-corrected chi connectivity index (χ2v) is 5.29. The van der Waals surface area contributed by atoms with E-state index in [2.05, 4.69) is 0 Å². The number of ether oxygens (including phenoxy) is 1. The second kappa shape index (κ2) is 5.31. The Morgan fingerprint density at radius 1 is 1.10 bits per heavy atom. The Labute approximate surface area is 116 Å². The van der Waals surface area contributed by atoms with Gasteiger partial charge in [0.2, 0.25) is 0 Å². The van der Waals surface area contributed by atoms with Crippen LogP contribution < -0.4 is 4.90 Å². The fraction of sp³-hybridized carbons (Fsp3) is 0.571. The second-order valence-electron chi connectivity index (χ2n) is 5.29. The minimum Gasteiger partial charge on any atom is -0.394 e. The summed E-state index contributed by atoms with van der Waals surface area (Å²) >= 11 is 0. The van der Waals surface area contributed by atoms with E-state index in [1.54, 1.807) is 0 Å². The number of hydrogen-bond acceptors (Lipinski definition) is 6. The van der Waals surface area contributed by atoms with E-state index in [4.69, 9.17) is 4.74 Å². The average Bonchev–Trinajstić information content (AvgIpc) is 2.89. The highest BCUT2D eigenvalue weighted by Crippen LogP contribution is 2.33. The molecule has 2 aliphatic heterocycles. The van der Waals surface area contributed by atoms with E-state index in [1.807, 2.05) is 29.2 Å². The topological polar surface area (TPSA) is 93.4 Å². The molecule has 0 aliphatic carbocycles. The van der Waals surface area contributed by atoms with E-state index in [0.29, 0.717) is 6.54 Å². The van der Waals surface area contributed by atoms with Gasteiger partial charge in [-0.3, -0.25) is 0 Å². The van der Waals surface area contributed by atoms with Crippen LogP contribution in [-0.4, -0.2) is 64.2 Å². The molecular weight excluding hydrogens is 262 g/mol. The Balaban J connectivity index is 1.87. The molecule has 5 atom stereocenters. The molecule has 2 aliphatic rings. The van der Waals surface area contributed by atoms with Crippen LogP contribution in [0.15, 0.2) is 24.3 Å². The monoisotopic (exact) mass is 281 g/mol. The van der Waals surface area contributed by atoms with Crippen molar-refractivity contribution in [2.24, 2.45) is 0 Å². The molecule has 1 saturated heterocycles. The maximum absolute atomic E-state index is 10.1. The largest absolute Gasteiger partial charge is 0.394 e. The summed E-state index contributed by atoms with van der Waals surface area (Å²) in [4.78, 5) is 1.87. The number of hydrogen-bond donors (Lipinski definition) is 4. The summed E-state index contributed by atoms with van der Waals surface area (Å²) in [5, 5.41) is 39.0. The van der Waals surface area contributed by atoms with Gasteiger partial charge in [-0.2, -0.15) is 0 Å². The molecule has 1 aromatic carbocycles. The zero-order chi connectivity index (χ0) is 14.3. The normalized spacial score (nSPS) is 37.0. The van der Waals surface area contributed by atoms with Crippen molar-refractivity contribution in [1.82, 2.24) is 0 Å². The number of nitrogens with zero attached hydrogens (tertiary/aromatic N) is 1. The predicted molar refractivity (Wildman–Crippen MR) is 71.3 cm³/mol. The molecule has 3 unspecified atom stereocenters. The van der Waals surface area contributed by atoms with Crippen molar-refractivity contribution in [3.63, 3.8) is 0 Å². The van der Waals surface area contributed by atoms with Gasteiger partial charge in [-0.25, -0.2) is 0 Å². The van der Waals surface area contributed by atoms with Crippen LogP contribution in [0.25, 0.3) is 0 Å². The third-order valence-electron chi connectivity index (χ3n) is 4.10. The maximum atomic E-state index is 10.1. The van der Waals surface area contributed by atoms with Gasteiger partial charge < -0.3 is 30.1 Å². The standard InChI is InChI=1S/C14H19NO5/c16-7-10-11(17)12(18)13(19)14(20-10)15-6-5-8-3-1-2-4-9(8)15/h1-4,10-14,16-19H,5-7H2/t10?,11-,12?,13-,14?/m1/s1. The summed E-state index contributed by atoms with van der Waals surface area (Å²) in [7, 11) is 0. The molecule has 0 amide bonds. The van der Waals surface area contributed by atoms with Crippen molar-refractivity contribution in [2.45, 2.75) is 37.1 Å². The van der Waals surface area contributed by atoms with Crippen LogP contribution in [0.1, 0.15) is 5.56 Å².